The lowest BCUT2D eigenvalue weighted by Gasteiger charge is -2.23. The van der Waals surface area contributed by atoms with Crippen LogP contribution >= 0.6 is 7.14 Å². The number of carbonyl (C=O) groups is 1. The zero-order chi connectivity index (χ0) is 23.6. The van der Waals surface area contributed by atoms with Crippen LogP contribution in [-0.2, 0) is 27.1 Å². The monoisotopic (exact) mass is 468 g/mol. The Morgan fingerprint density at radius 1 is 1.23 bits per heavy atom. The maximum absolute atomic E-state index is 12.6. The van der Waals surface area contributed by atoms with Crippen molar-refractivity contribution in [3.8, 4) is 11.5 Å². The lowest BCUT2D eigenvalue weighted by molar-refractivity contribution is 0.0532. The molecule has 0 aromatic heterocycles. The van der Waals surface area contributed by atoms with Gasteiger partial charge in [0.1, 0.15) is 36.7 Å². The minimum absolute atomic E-state index is 0.233. The Bertz CT molecular complexity index is 910. The van der Waals surface area contributed by atoms with Crippen molar-refractivity contribution in [2.24, 2.45) is 0 Å². The number of esters is 1. The zero-order valence-electron chi connectivity index (χ0n) is 20.4. The van der Waals surface area contributed by atoms with Gasteiger partial charge in [-0.2, -0.15) is 0 Å². The largest absolute Gasteiger partial charge is 0.496 e. The standard InChI is InChI=1S/C23H37O6PSi/c1-15(23(27-4)30(5,6)25)10-11-17-20(26-3)16(2)18-14-29-22(24)19(18)21(17)28-12-13-31(7,8)9/h10,23H,11-14H2,1-9H3/b15-10+. The molecule has 1 atom stereocenters. The van der Waals surface area contributed by atoms with Crippen LogP contribution in [0.1, 0.15) is 34.0 Å². The van der Waals surface area contributed by atoms with Crippen molar-refractivity contribution in [1.29, 1.82) is 0 Å². The number of allylic oxidation sites excluding steroid dienone is 1. The van der Waals surface area contributed by atoms with E-state index in [1.807, 2.05) is 19.9 Å². The molecule has 1 aromatic rings. The van der Waals surface area contributed by atoms with Crippen molar-refractivity contribution in [2.75, 3.05) is 34.2 Å². The third-order valence-corrected chi connectivity index (χ3v) is 8.98. The van der Waals surface area contributed by atoms with E-state index in [9.17, 15) is 9.36 Å². The smallest absolute Gasteiger partial charge is 0.342 e. The molecule has 0 aliphatic carbocycles. The van der Waals surface area contributed by atoms with Crippen LogP contribution in [0.2, 0.25) is 25.7 Å². The number of ether oxygens (including phenoxy) is 4. The van der Waals surface area contributed by atoms with Crippen LogP contribution in [0.25, 0.3) is 0 Å². The Kier molecular flexibility index (Phi) is 8.23. The summed E-state index contributed by atoms with van der Waals surface area (Å²) in [7, 11) is -0.589. The minimum Gasteiger partial charge on any atom is -0.496 e. The molecule has 0 radical (unpaired) electrons. The van der Waals surface area contributed by atoms with Gasteiger partial charge in [-0.1, -0.05) is 25.7 Å². The fourth-order valence-corrected chi connectivity index (χ4v) is 6.23. The van der Waals surface area contributed by atoms with Crippen LogP contribution < -0.4 is 9.47 Å². The van der Waals surface area contributed by atoms with Crippen molar-refractivity contribution in [1.82, 2.24) is 0 Å². The molecule has 0 saturated heterocycles. The molecule has 2 rings (SSSR count). The predicted octanol–water partition coefficient (Wildman–Crippen LogP) is 5.48. The first-order valence-electron chi connectivity index (χ1n) is 10.6. The number of methoxy groups -OCH3 is 2. The topological polar surface area (TPSA) is 71.1 Å². The molecule has 0 spiro atoms. The number of carbonyl (C=O) groups excluding carboxylic acids is 1. The van der Waals surface area contributed by atoms with Crippen LogP contribution in [-0.4, -0.2) is 54.0 Å². The summed E-state index contributed by atoms with van der Waals surface area (Å²) in [5.74, 6) is 0.448. The molecule has 1 aromatic carbocycles. The second-order valence-electron chi connectivity index (χ2n) is 9.73. The molecular formula is C23H37O6PSi. The van der Waals surface area contributed by atoms with Crippen LogP contribution in [0.5, 0.6) is 11.5 Å². The third kappa shape index (κ3) is 6.02. The van der Waals surface area contributed by atoms with E-state index in [0.717, 1.165) is 28.3 Å². The van der Waals surface area contributed by atoms with Crippen molar-refractivity contribution in [2.45, 2.75) is 58.4 Å². The van der Waals surface area contributed by atoms with E-state index in [4.69, 9.17) is 18.9 Å². The first-order valence-corrected chi connectivity index (χ1v) is 17.0. The lowest BCUT2D eigenvalue weighted by Crippen LogP contribution is -2.23. The van der Waals surface area contributed by atoms with Crippen molar-refractivity contribution < 1.29 is 28.3 Å². The maximum Gasteiger partial charge on any atom is 0.342 e. The molecule has 31 heavy (non-hydrogen) atoms. The Morgan fingerprint density at radius 2 is 1.87 bits per heavy atom. The van der Waals surface area contributed by atoms with Gasteiger partial charge in [0.05, 0.1) is 13.7 Å². The lowest BCUT2D eigenvalue weighted by atomic mass is 9.95. The van der Waals surface area contributed by atoms with Gasteiger partial charge in [-0.15, -0.1) is 0 Å². The summed E-state index contributed by atoms with van der Waals surface area (Å²) in [5, 5.41) is 0. The normalized spacial score (nSPS) is 15.5. The van der Waals surface area contributed by atoms with E-state index < -0.39 is 21.1 Å². The molecule has 1 aliphatic rings. The zero-order valence-corrected chi connectivity index (χ0v) is 22.3. The number of cyclic esters (lactones) is 1. The summed E-state index contributed by atoms with van der Waals surface area (Å²) in [4.78, 5) is 12.6. The van der Waals surface area contributed by atoms with Crippen molar-refractivity contribution in [3.05, 3.63) is 33.9 Å². The van der Waals surface area contributed by atoms with E-state index in [2.05, 4.69) is 19.6 Å². The molecular weight excluding hydrogens is 431 g/mol. The number of hydrogen-bond acceptors (Lipinski definition) is 6. The Hall–Kier alpha value is -1.56. The second kappa shape index (κ2) is 9.93. The average Bonchev–Trinajstić information content (AvgIpc) is 3.02. The Morgan fingerprint density at radius 3 is 2.39 bits per heavy atom. The van der Waals surface area contributed by atoms with Crippen LogP contribution in [0.4, 0.5) is 0 Å². The van der Waals surface area contributed by atoms with Gasteiger partial charge < -0.3 is 23.5 Å². The predicted molar refractivity (Wildman–Crippen MR) is 128 cm³/mol. The first kappa shape index (κ1) is 25.7. The summed E-state index contributed by atoms with van der Waals surface area (Å²) < 4.78 is 35.4. The van der Waals surface area contributed by atoms with E-state index in [0.29, 0.717) is 30.1 Å². The highest BCUT2D eigenvalue weighted by Crippen LogP contribution is 2.47. The molecule has 0 fully saturated rings. The second-order valence-corrected chi connectivity index (χ2v) is 18.7. The summed E-state index contributed by atoms with van der Waals surface area (Å²) in [5.41, 5.74) is 3.92. The number of rotatable bonds is 10. The van der Waals surface area contributed by atoms with Crippen LogP contribution in [0.3, 0.4) is 0 Å². The fourth-order valence-electron chi connectivity index (χ4n) is 3.92. The molecule has 0 saturated carbocycles. The molecule has 1 heterocycles. The quantitative estimate of drug-likeness (QED) is 0.196. The highest BCUT2D eigenvalue weighted by molar-refractivity contribution is 7.63. The molecule has 0 bridgehead atoms. The van der Waals surface area contributed by atoms with Gasteiger partial charge in [0.2, 0.25) is 0 Å². The van der Waals surface area contributed by atoms with Crippen molar-refractivity contribution in [3.63, 3.8) is 0 Å². The minimum atomic E-state index is -2.48. The molecule has 0 N–H and O–H groups in total. The SMILES string of the molecule is COc1c(C)c2c(c(OCC[Si](C)(C)C)c1C/C=C(\C)C(OC)P(C)(C)=O)C(=O)OC2. The molecule has 1 aliphatic heterocycles. The molecule has 0 amide bonds. The van der Waals surface area contributed by atoms with E-state index in [-0.39, 0.29) is 12.6 Å². The first-order chi connectivity index (χ1) is 14.3. The molecule has 1 unspecified atom stereocenters. The van der Waals surface area contributed by atoms with E-state index in [1.165, 1.54) is 0 Å². The summed E-state index contributed by atoms with van der Waals surface area (Å²) in [6, 6.07) is 0.974. The van der Waals surface area contributed by atoms with Crippen molar-refractivity contribution >= 4 is 21.2 Å². The van der Waals surface area contributed by atoms with Crippen LogP contribution in [0.15, 0.2) is 11.6 Å². The number of fused-ring (bicyclic) bond motifs is 1. The van der Waals surface area contributed by atoms with Crippen LogP contribution in [0, 0.1) is 6.92 Å². The Labute approximate surface area is 187 Å². The third-order valence-electron chi connectivity index (χ3n) is 5.53. The van der Waals surface area contributed by atoms with E-state index >= 15 is 0 Å². The van der Waals surface area contributed by atoms with E-state index in [1.54, 1.807) is 27.5 Å². The number of hydrogen-bond donors (Lipinski definition) is 0. The van der Waals surface area contributed by atoms with Gasteiger partial charge in [0.25, 0.3) is 0 Å². The summed E-state index contributed by atoms with van der Waals surface area (Å²) >= 11 is 0. The highest BCUT2D eigenvalue weighted by Gasteiger charge is 2.33. The Balaban J connectivity index is 2.55. The number of benzene rings is 1. The molecule has 6 nitrogen and oxygen atoms in total. The highest BCUT2D eigenvalue weighted by atomic mass is 31.2. The fraction of sp³-hybridized carbons (Fsp3) is 0.609. The summed E-state index contributed by atoms with van der Waals surface area (Å²) in [6.07, 6.45) is 2.46. The average molecular weight is 469 g/mol. The van der Waals surface area contributed by atoms with Gasteiger partial charge >= 0.3 is 5.97 Å². The van der Waals surface area contributed by atoms with Gasteiger partial charge in [0.15, 0.2) is 0 Å². The van der Waals surface area contributed by atoms with Gasteiger partial charge in [-0.25, -0.2) is 4.79 Å². The van der Waals surface area contributed by atoms with Gasteiger partial charge in [-0.3, -0.25) is 0 Å². The maximum atomic E-state index is 12.6. The molecule has 174 valence electrons. The van der Waals surface area contributed by atoms with Gasteiger partial charge in [-0.05, 0) is 50.8 Å². The molecule has 8 heteroatoms. The van der Waals surface area contributed by atoms with Gasteiger partial charge in [0, 0.05) is 26.3 Å². The summed E-state index contributed by atoms with van der Waals surface area (Å²) in [6.45, 7) is 14.9.